The Morgan fingerprint density at radius 3 is 2.46 bits per heavy atom. The predicted molar refractivity (Wildman–Crippen MR) is 129 cm³/mol. The third-order valence-corrected chi connectivity index (χ3v) is 8.50. The summed E-state index contributed by atoms with van der Waals surface area (Å²) in [6.07, 6.45) is -7.38. The van der Waals surface area contributed by atoms with Gasteiger partial charge in [-0.25, -0.2) is 4.79 Å². The van der Waals surface area contributed by atoms with Crippen molar-refractivity contribution < 1.29 is 63.9 Å². The molecule has 13 nitrogen and oxygen atoms in total. The molecule has 0 aromatic rings. The molecule has 3 aliphatic heterocycles. The fourth-order valence-corrected chi connectivity index (χ4v) is 6.03. The van der Waals surface area contributed by atoms with Crippen LogP contribution in [-0.4, -0.2) is 111 Å². The number of ether oxygens (including phenoxy) is 5. The third kappa shape index (κ3) is 5.46. The van der Waals surface area contributed by atoms with Crippen molar-refractivity contribution in [1.29, 1.82) is 0 Å². The van der Waals surface area contributed by atoms with Crippen molar-refractivity contribution in [2.45, 2.75) is 82.3 Å². The van der Waals surface area contributed by atoms with Crippen molar-refractivity contribution in [2.24, 2.45) is 23.7 Å². The first kappa shape index (κ1) is 29.9. The molecule has 1 saturated carbocycles. The summed E-state index contributed by atoms with van der Waals surface area (Å²) in [7, 11) is 0. The molecule has 6 N–H and O–H groups in total. The van der Waals surface area contributed by atoms with Gasteiger partial charge in [0.2, 0.25) is 6.29 Å². The van der Waals surface area contributed by atoms with Gasteiger partial charge in [-0.3, -0.25) is 4.79 Å². The molecular weight excluding hydrogens is 520 g/mol. The highest BCUT2D eigenvalue weighted by atomic mass is 16.8. The molecule has 0 bridgehead atoms. The van der Waals surface area contributed by atoms with Crippen molar-refractivity contribution in [2.75, 3.05) is 19.8 Å². The largest absolute Gasteiger partial charge is 0.468 e. The van der Waals surface area contributed by atoms with E-state index in [4.69, 9.17) is 23.7 Å². The average Bonchev–Trinajstić information content (AvgIpc) is 3.13. The van der Waals surface area contributed by atoms with Gasteiger partial charge in [-0.2, -0.15) is 0 Å². The lowest BCUT2D eigenvalue weighted by atomic mass is 9.77. The van der Waals surface area contributed by atoms with E-state index in [1.807, 2.05) is 6.92 Å². The zero-order valence-corrected chi connectivity index (χ0v) is 22.1. The molecule has 0 radical (unpaired) electrons. The molecule has 3 fully saturated rings. The normalized spacial score (nSPS) is 46.5. The number of rotatable bonds is 3. The van der Waals surface area contributed by atoms with E-state index in [9.17, 15) is 40.2 Å². The van der Waals surface area contributed by atoms with Gasteiger partial charge >= 0.3 is 11.9 Å². The Labute approximate surface area is 225 Å². The number of fused-ring (bicyclic) bond motifs is 2. The monoisotopic (exact) mass is 558 g/mol. The molecule has 13 heteroatoms. The minimum absolute atomic E-state index is 0.00893. The molecule has 3 heterocycles. The minimum Gasteiger partial charge on any atom is -0.468 e. The Morgan fingerprint density at radius 2 is 1.79 bits per heavy atom. The van der Waals surface area contributed by atoms with E-state index in [2.05, 4.69) is 0 Å². The van der Waals surface area contributed by atoms with Crippen LogP contribution in [0.5, 0.6) is 0 Å². The Kier molecular flexibility index (Phi) is 9.03. The van der Waals surface area contributed by atoms with E-state index in [-0.39, 0.29) is 31.1 Å². The standard InChI is InChI=1S/C26H38O13/c1-4-13-14-6-19(29)35-10-16-11(2)5-18(28)26(16,34)12(3)8-36-23(33)15(14)9-37-24(13)39-25-22(32)21(31)20(30)17(7-27)38-25/h4,9,11-12,14,16-18,20-22,24-25,27-28,30-32,34H,5-8,10H2,1-3H3/b13-4+/t11-,12-,14-,16+,17+,18-,20+,21-,22+,24-,25-,26+/m0/s1. The van der Waals surface area contributed by atoms with Crippen LogP contribution in [0.2, 0.25) is 0 Å². The fourth-order valence-electron chi connectivity index (χ4n) is 6.03. The second-order valence-electron chi connectivity index (χ2n) is 10.8. The van der Waals surface area contributed by atoms with Gasteiger partial charge in [0.05, 0.1) is 44.2 Å². The van der Waals surface area contributed by atoms with E-state index in [0.717, 1.165) is 6.26 Å². The van der Waals surface area contributed by atoms with Gasteiger partial charge in [0.15, 0.2) is 6.29 Å². The Balaban J connectivity index is 1.58. The van der Waals surface area contributed by atoms with E-state index >= 15 is 0 Å². The van der Waals surface area contributed by atoms with E-state index in [0.29, 0.717) is 12.0 Å². The van der Waals surface area contributed by atoms with Gasteiger partial charge in [-0.15, -0.1) is 0 Å². The number of aliphatic hydroxyl groups excluding tert-OH is 5. The van der Waals surface area contributed by atoms with Crippen molar-refractivity contribution >= 4 is 11.9 Å². The zero-order valence-electron chi connectivity index (χ0n) is 22.1. The Morgan fingerprint density at radius 1 is 1.08 bits per heavy atom. The first-order chi connectivity index (χ1) is 18.4. The molecule has 220 valence electrons. The summed E-state index contributed by atoms with van der Waals surface area (Å²) in [5, 5.41) is 62.0. The van der Waals surface area contributed by atoms with Crippen LogP contribution in [0.15, 0.2) is 23.5 Å². The molecule has 0 aromatic heterocycles. The van der Waals surface area contributed by atoms with Crippen LogP contribution < -0.4 is 0 Å². The predicted octanol–water partition coefficient (Wildman–Crippen LogP) is -1.52. The quantitative estimate of drug-likeness (QED) is 0.172. The molecule has 4 aliphatic rings. The average molecular weight is 559 g/mol. The summed E-state index contributed by atoms with van der Waals surface area (Å²) < 4.78 is 27.8. The third-order valence-electron chi connectivity index (χ3n) is 8.50. The summed E-state index contributed by atoms with van der Waals surface area (Å²) >= 11 is 0. The number of hydrogen-bond acceptors (Lipinski definition) is 13. The first-order valence-corrected chi connectivity index (χ1v) is 13.1. The number of allylic oxidation sites excluding steroid dienone is 1. The van der Waals surface area contributed by atoms with Crippen molar-refractivity contribution in [3.63, 3.8) is 0 Å². The second-order valence-corrected chi connectivity index (χ2v) is 10.8. The van der Waals surface area contributed by atoms with Crippen LogP contribution in [0.25, 0.3) is 0 Å². The van der Waals surface area contributed by atoms with E-state index in [1.54, 1.807) is 19.9 Å². The lowest BCUT2D eigenvalue weighted by molar-refractivity contribution is -0.327. The molecule has 0 spiro atoms. The highest BCUT2D eigenvalue weighted by Gasteiger charge is 2.56. The van der Waals surface area contributed by atoms with Crippen molar-refractivity contribution in [3.05, 3.63) is 23.5 Å². The highest BCUT2D eigenvalue weighted by Crippen LogP contribution is 2.46. The summed E-state index contributed by atoms with van der Waals surface area (Å²) in [6.45, 7) is 4.14. The number of aliphatic hydroxyl groups is 6. The Hall–Kier alpha value is -2.10. The SMILES string of the molecule is C/C=C1/[C@H](O[C@@H]2O[C@H](CO)[C@@H](O)[C@H](O)[C@H]2O)OC=C2C(=O)OC[C@H](C)[C@@]3(O)[C@H](COC(=O)C[C@H]21)[C@@H](C)C[C@@H]3O. The molecule has 12 atom stereocenters. The summed E-state index contributed by atoms with van der Waals surface area (Å²) in [6, 6.07) is 0. The molecule has 0 amide bonds. The molecular formula is C26H38O13. The lowest BCUT2D eigenvalue weighted by Gasteiger charge is -2.42. The van der Waals surface area contributed by atoms with Gasteiger partial charge in [0.1, 0.15) is 30.0 Å². The van der Waals surface area contributed by atoms with Crippen molar-refractivity contribution in [1.82, 2.24) is 0 Å². The summed E-state index contributed by atoms with van der Waals surface area (Å²) in [4.78, 5) is 26.1. The van der Waals surface area contributed by atoms with Crippen molar-refractivity contribution in [3.8, 4) is 0 Å². The maximum atomic E-state index is 13.1. The molecule has 1 aliphatic carbocycles. The van der Waals surface area contributed by atoms with Crippen LogP contribution >= 0.6 is 0 Å². The zero-order chi connectivity index (χ0) is 28.6. The van der Waals surface area contributed by atoms with Gasteiger partial charge < -0.3 is 54.3 Å². The number of cyclic esters (lactones) is 2. The van der Waals surface area contributed by atoms with E-state index in [1.165, 1.54) is 0 Å². The summed E-state index contributed by atoms with van der Waals surface area (Å²) in [5.41, 5.74) is -1.32. The number of esters is 2. The molecule has 0 unspecified atom stereocenters. The first-order valence-electron chi connectivity index (χ1n) is 13.1. The van der Waals surface area contributed by atoms with Gasteiger partial charge in [0, 0.05) is 23.3 Å². The van der Waals surface area contributed by atoms with Crippen LogP contribution in [0.3, 0.4) is 0 Å². The van der Waals surface area contributed by atoms with Crippen LogP contribution in [0.4, 0.5) is 0 Å². The molecule has 2 saturated heterocycles. The number of carbonyl (C=O) groups excluding carboxylic acids is 2. The minimum atomic E-state index is -1.69. The van der Waals surface area contributed by atoms with Crippen LogP contribution in [-0.2, 0) is 33.3 Å². The lowest BCUT2D eigenvalue weighted by Crippen LogP contribution is -2.60. The second kappa shape index (κ2) is 11.8. The maximum absolute atomic E-state index is 13.1. The van der Waals surface area contributed by atoms with E-state index < -0.39 is 85.0 Å². The Bertz CT molecular complexity index is 979. The van der Waals surface area contributed by atoms with Crippen LogP contribution in [0.1, 0.15) is 33.6 Å². The maximum Gasteiger partial charge on any atom is 0.337 e. The van der Waals surface area contributed by atoms with Gasteiger partial charge in [-0.05, 0) is 19.3 Å². The molecule has 4 rings (SSSR count). The van der Waals surface area contributed by atoms with Gasteiger partial charge in [0.25, 0.3) is 0 Å². The fraction of sp³-hybridized carbons (Fsp3) is 0.769. The topological polar surface area (TPSA) is 202 Å². The number of carbonyl (C=O) groups is 2. The van der Waals surface area contributed by atoms with Gasteiger partial charge in [-0.1, -0.05) is 19.9 Å². The number of hydrogen-bond donors (Lipinski definition) is 6. The van der Waals surface area contributed by atoms with Crippen LogP contribution in [0, 0.1) is 23.7 Å². The highest BCUT2D eigenvalue weighted by molar-refractivity contribution is 5.91. The molecule has 39 heavy (non-hydrogen) atoms. The molecule has 0 aromatic carbocycles. The smallest absolute Gasteiger partial charge is 0.337 e. The summed E-state index contributed by atoms with van der Waals surface area (Å²) in [5.74, 6) is -3.77.